The number of fused-ring (bicyclic) bond motifs is 1. The quantitative estimate of drug-likeness (QED) is 0.708. The first kappa shape index (κ1) is 17.1. The van der Waals surface area contributed by atoms with Crippen LogP contribution in [-0.4, -0.2) is 25.7 Å². The van der Waals surface area contributed by atoms with E-state index < -0.39 is 0 Å². The van der Waals surface area contributed by atoms with Crippen LogP contribution in [0.1, 0.15) is 39.5 Å². The summed E-state index contributed by atoms with van der Waals surface area (Å²) in [6.45, 7) is 4.23. The second kappa shape index (κ2) is 7.88. The molecule has 25 heavy (non-hydrogen) atoms. The van der Waals surface area contributed by atoms with Crippen LogP contribution in [0.25, 0.3) is 16.9 Å². The summed E-state index contributed by atoms with van der Waals surface area (Å²) in [6, 6.07) is 11.5. The van der Waals surface area contributed by atoms with Gasteiger partial charge in [0.1, 0.15) is 6.33 Å². The summed E-state index contributed by atoms with van der Waals surface area (Å²) < 4.78 is 1.64. The number of nitrogens with one attached hydrogen (secondary N) is 1. The molecule has 0 aliphatic heterocycles. The molecule has 1 aromatic carbocycles. The summed E-state index contributed by atoms with van der Waals surface area (Å²) in [6.07, 6.45) is 5.45. The van der Waals surface area contributed by atoms with E-state index in [0.29, 0.717) is 5.65 Å². The maximum absolute atomic E-state index is 12.5. The SMILES string of the molecule is CCCC(CCC)C(=O)Nc1cccc(-c2ccc3nncn3n2)c1. The van der Waals surface area contributed by atoms with Crippen molar-refractivity contribution in [1.82, 2.24) is 19.8 Å². The number of carbonyl (C=O) groups excluding carboxylic acids is 1. The van der Waals surface area contributed by atoms with E-state index in [0.717, 1.165) is 42.6 Å². The van der Waals surface area contributed by atoms with E-state index in [-0.39, 0.29) is 11.8 Å². The third-order valence-corrected chi connectivity index (χ3v) is 4.23. The first-order valence-electron chi connectivity index (χ1n) is 8.79. The highest BCUT2D eigenvalue weighted by Gasteiger charge is 2.16. The molecule has 0 bridgehead atoms. The molecule has 0 saturated heterocycles. The van der Waals surface area contributed by atoms with Gasteiger partial charge in [-0.15, -0.1) is 10.2 Å². The Labute approximate surface area is 147 Å². The Morgan fingerprint density at radius 1 is 1.16 bits per heavy atom. The lowest BCUT2D eigenvalue weighted by atomic mass is 9.97. The van der Waals surface area contributed by atoms with Crippen LogP contribution < -0.4 is 5.32 Å². The van der Waals surface area contributed by atoms with Crippen molar-refractivity contribution < 1.29 is 4.79 Å². The molecule has 6 heteroatoms. The van der Waals surface area contributed by atoms with Crippen molar-refractivity contribution >= 4 is 17.2 Å². The van der Waals surface area contributed by atoms with Crippen molar-refractivity contribution in [2.75, 3.05) is 5.32 Å². The number of amides is 1. The van der Waals surface area contributed by atoms with Crippen molar-refractivity contribution in [2.45, 2.75) is 39.5 Å². The summed E-state index contributed by atoms with van der Waals surface area (Å²) >= 11 is 0. The smallest absolute Gasteiger partial charge is 0.227 e. The van der Waals surface area contributed by atoms with Crippen molar-refractivity contribution in [3.63, 3.8) is 0 Å². The van der Waals surface area contributed by atoms with Crippen molar-refractivity contribution in [1.29, 1.82) is 0 Å². The summed E-state index contributed by atoms with van der Waals surface area (Å²) in [5.41, 5.74) is 3.25. The minimum absolute atomic E-state index is 0.0742. The lowest BCUT2D eigenvalue weighted by Gasteiger charge is -2.15. The molecule has 0 atom stereocenters. The van der Waals surface area contributed by atoms with Crippen LogP contribution in [-0.2, 0) is 4.79 Å². The zero-order valence-electron chi connectivity index (χ0n) is 14.6. The fraction of sp³-hybridized carbons (Fsp3) is 0.368. The molecule has 3 aromatic rings. The zero-order chi connectivity index (χ0) is 17.6. The standard InChI is InChI=1S/C19H23N5O/c1-3-6-14(7-4-2)19(25)21-16-9-5-8-15(12-16)17-10-11-18-22-20-13-24(18)23-17/h5,8-14H,3-4,6-7H2,1-2H3,(H,21,25). The number of carbonyl (C=O) groups is 1. The molecule has 1 N–H and O–H groups in total. The van der Waals surface area contributed by atoms with E-state index in [1.165, 1.54) is 0 Å². The van der Waals surface area contributed by atoms with Gasteiger partial charge in [-0.05, 0) is 37.1 Å². The van der Waals surface area contributed by atoms with Gasteiger partial charge in [-0.2, -0.15) is 9.61 Å². The van der Waals surface area contributed by atoms with Crippen molar-refractivity contribution in [3.05, 3.63) is 42.7 Å². The number of hydrogen-bond donors (Lipinski definition) is 1. The highest BCUT2D eigenvalue weighted by Crippen LogP contribution is 2.22. The summed E-state index contributed by atoms with van der Waals surface area (Å²) in [5.74, 6) is 0.174. The van der Waals surface area contributed by atoms with Gasteiger partial charge in [-0.3, -0.25) is 4.79 Å². The molecule has 0 unspecified atom stereocenters. The average Bonchev–Trinajstić information content (AvgIpc) is 3.09. The van der Waals surface area contributed by atoms with E-state index in [4.69, 9.17) is 0 Å². The third-order valence-electron chi connectivity index (χ3n) is 4.23. The van der Waals surface area contributed by atoms with Gasteiger partial charge >= 0.3 is 0 Å². The largest absolute Gasteiger partial charge is 0.326 e. The van der Waals surface area contributed by atoms with E-state index in [2.05, 4.69) is 34.5 Å². The summed E-state index contributed by atoms with van der Waals surface area (Å²) in [4.78, 5) is 12.5. The predicted molar refractivity (Wildman–Crippen MR) is 98.2 cm³/mol. The maximum Gasteiger partial charge on any atom is 0.227 e. The molecule has 130 valence electrons. The lowest BCUT2D eigenvalue weighted by molar-refractivity contribution is -0.120. The molecule has 1 amide bonds. The van der Waals surface area contributed by atoms with Gasteiger partial charge in [0.15, 0.2) is 5.65 Å². The Hall–Kier alpha value is -2.76. The van der Waals surface area contributed by atoms with E-state index >= 15 is 0 Å². The van der Waals surface area contributed by atoms with E-state index in [1.54, 1.807) is 10.8 Å². The lowest BCUT2D eigenvalue weighted by Crippen LogP contribution is -2.22. The number of nitrogens with zero attached hydrogens (tertiary/aromatic N) is 4. The van der Waals surface area contributed by atoms with Crippen LogP contribution in [0.5, 0.6) is 0 Å². The van der Waals surface area contributed by atoms with Gasteiger partial charge in [0.05, 0.1) is 5.69 Å². The molecule has 6 nitrogen and oxygen atoms in total. The highest BCUT2D eigenvalue weighted by molar-refractivity contribution is 5.93. The Kier molecular flexibility index (Phi) is 5.38. The number of hydrogen-bond acceptors (Lipinski definition) is 4. The second-order valence-electron chi connectivity index (χ2n) is 6.20. The number of anilines is 1. The molecule has 0 saturated carbocycles. The normalized spacial score (nSPS) is 11.2. The van der Waals surface area contributed by atoms with Gasteiger partial charge in [0, 0.05) is 17.2 Å². The average molecular weight is 337 g/mol. The van der Waals surface area contributed by atoms with E-state index in [9.17, 15) is 4.79 Å². The van der Waals surface area contributed by atoms with Crippen LogP contribution in [0.15, 0.2) is 42.7 Å². The third kappa shape index (κ3) is 4.02. The highest BCUT2D eigenvalue weighted by atomic mass is 16.1. The Morgan fingerprint density at radius 2 is 1.96 bits per heavy atom. The molecule has 2 aromatic heterocycles. The van der Waals surface area contributed by atoms with E-state index in [1.807, 2.05) is 36.4 Å². The number of benzene rings is 1. The van der Waals surface area contributed by atoms with Gasteiger partial charge in [0.25, 0.3) is 0 Å². The molecule has 0 aliphatic carbocycles. The predicted octanol–water partition coefficient (Wildman–Crippen LogP) is 3.95. The molecular weight excluding hydrogens is 314 g/mol. The van der Waals surface area contributed by atoms with Gasteiger partial charge in [-0.1, -0.05) is 38.8 Å². The Balaban J connectivity index is 1.79. The number of aromatic nitrogens is 4. The maximum atomic E-state index is 12.5. The topological polar surface area (TPSA) is 72.2 Å². The van der Waals surface area contributed by atoms with Crippen molar-refractivity contribution in [3.8, 4) is 11.3 Å². The van der Waals surface area contributed by atoms with Crippen LogP contribution in [0.2, 0.25) is 0 Å². The summed E-state index contributed by atoms with van der Waals surface area (Å²) in [5, 5.41) is 15.4. The fourth-order valence-corrected chi connectivity index (χ4v) is 2.99. The molecule has 2 heterocycles. The van der Waals surface area contributed by atoms with Crippen LogP contribution >= 0.6 is 0 Å². The zero-order valence-corrected chi connectivity index (χ0v) is 14.6. The minimum atomic E-state index is 0.0742. The van der Waals surface area contributed by atoms with Crippen LogP contribution in [0.3, 0.4) is 0 Å². The molecule has 0 fully saturated rings. The Bertz CT molecular complexity index is 852. The monoisotopic (exact) mass is 337 g/mol. The van der Waals surface area contributed by atoms with Gasteiger partial charge < -0.3 is 5.32 Å². The second-order valence-corrected chi connectivity index (χ2v) is 6.20. The summed E-state index contributed by atoms with van der Waals surface area (Å²) in [7, 11) is 0. The van der Waals surface area contributed by atoms with Crippen molar-refractivity contribution in [2.24, 2.45) is 5.92 Å². The molecule has 0 aliphatic rings. The van der Waals surface area contributed by atoms with Gasteiger partial charge in [-0.25, -0.2) is 0 Å². The van der Waals surface area contributed by atoms with Gasteiger partial charge in [0.2, 0.25) is 5.91 Å². The van der Waals surface area contributed by atoms with Crippen LogP contribution in [0, 0.1) is 5.92 Å². The number of rotatable bonds is 7. The fourth-order valence-electron chi connectivity index (χ4n) is 2.99. The molecule has 0 radical (unpaired) electrons. The molecular formula is C19H23N5O. The Morgan fingerprint density at radius 3 is 2.72 bits per heavy atom. The minimum Gasteiger partial charge on any atom is -0.326 e. The first-order valence-corrected chi connectivity index (χ1v) is 8.79. The first-order chi connectivity index (χ1) is 12.2. The molecule has 3 rings (SSSR count). The molecule has 0 spiro atoms. The van der Waals surface area contributed by atoms with Crippen LogP contribution in [0.4, 0.5) is 5.69 Å².